The first kappa shape index (κ1) is 14.9. The van der Waals surface area contributed by atoms with Crippen molar-refractivity contribution in [3.05, 3.63) is 0 Å². The van der Waals surface area contributed by atoms with E-state index in [0.717, 1.165) is 51.6 Å². The second-order valence-corrected chi connectivity index (χ2v) is 4.09. The number of hydrogen-bond donors (Lipinski definition) is 2. The van der Waals surface area contributed by atoms with Gasteiger partial charge in [-0.1, -0.05) is 26.7 Å². The first-order valence-corrected chi connectivity index (χ1v) is 6.17. The third-order valence-corrected chi connectivity index (χ3v) is 2.69. The van der Waals surface area contributed by atoms with Gasteiger partial charge in [-0.05, 0) is 19.3 Å². The largest absolute Gasteiger partial charge is 0.359 e. The third-order valence-electron chi connectivity index (χ3n) is 2.69. The lowest BCUT2D eigenvalue weighted by molar-refractivity contribution is -0.124. The summed E-state index contributed by atoms with van der Waals surface area (Å²) in [6, 6.07) is 0. The molecule has 0 aliphatic carbocycles. The summed E-state index contributed by atoms with van der Waals surface area (Å²) >= 11 is 0. The Bertz CT molecular complexity index is 195. The van der Waals surface area contributed by atoms with Gasteiger partial charge in [-0.25, -0.2) is 0 Å². The van der Waals surface area contributed by atoms with Crippen LogP contribution >= 0.6 is 0 Å². The number of carbonyl (C=O) groups excluding carboxylic acids is 2. The van der Waals surface area contributed by atoms with Gasteiger partial charge in [0.15, 0.2) is 0 Å². The van der Waals surface area contributed by atoms with Crippen LogP contribution in [0.15, 0.2) is 0 Å². The Morgan fingerprint density at radius 3 is 2.38 bits per heavy atom. The van der Waals surface area contributed by atoms with Crippen molar-refractivity contribution < 1.29 is 9.59 Å². The highest BCUT2D eigenvalue weighted by Gasteiger charge is 2.08. The van der Waals surface area contributed by atoms with Gasteiger partial charge in [0.2, 0.25) is 12.3 Å². The van der Waals surface area contributed by atoms with Crippen LogP contribution in [0.1, 0.15) is 46.0 Å². The van der Waals surface area contributed by atoms with Crippen molar-refractivity contribution in [2.24, 2.45) is 5.92 Å². The van der Waals surface area contributed by atoms with Gasteiger partial charge in [-0.15, -0.1) is 0 Å². The van der Waals surface area contributed by atoms with E-state index in [1.165, 1.54) is 0 Å². The second kappa shape index (κ2) is 10.5. The number of rotatable bonds is 10. The zero-order valence-corrected chi connectivity index (χ0v) is 10.4. The van der Waals surface area contributed by atoms with Crippen LogP contribution in [0, 0.1) is 5.92 Å². The molecule has 16 heavy (non-hydrogen) atoms. The molecule has 0 fully saturated rings. The van der Waals surface area contributed by atoms with Crippen LogP contribution in [0.4, 0.5) is 0 Å². The van der Waals surface area contributed by atoms with Crippen molar-refractivity contribution in [3.63, 3.8) is 0 Å². The van der Waals surface area contributed by atoms with Gasteiger partial charge >= 0.3 is 0 Å². The van der Waals surface area contributed by atoms with Crippen molar-refractivity contribution in [1.82, 2.24) is 10.6 Å². The molecule has 0 aliphatic heterocycles. The molecule has 2 amide bonds. The fourth-order valence-corrected chi connectivity index (χ4v) is 1.34. The first-order chi connectivity index (χ1) is 7.72. The van der Waals surface area contributed by atoms with Gasteiger partial charge in [-0.3, -0.25) is 9.59 Å². The van der Waals surface area contributed by atoms with E-state index in [1.54, 1.807) is 0 Å². The molecule has 0 bridgehead atoms. The number of nitrogens with one attached hydrogen (secondary N) is 2. The zero-order chi connectivity index (χ0) is 12.2. The van der Waals surface area contributed by atoms with Crippen molar-refractivity contribution >= 4 is 12.3 Å². The molecule has 2 N–H and O–H groups in total. The van der Waals surface area contributed by atoms with E-state index in [2.05, 4.69) is 10.6 Å². The van der Waals surface area contributed by atoms with Crippen molar-refractivity contribution in [2.75, 3.05) is 13.1 Å². The summed E-state index contributed by atoms with van der Waals surface area (Å²) in [6.07, 6.45) is 5.85. The van der Waals surface area contributed by atoms with Gasteiger partial charge in [0.25, 0.3) is 0 Å². The van der Waals surface area contributed by atoms with E-state index < -0.39 is 0 Å². The summed E-state index contributed by atoms with van der Waals surface area (Å²) in [5, 5.41) is 5.55. The molecular weight excluding hydrogens is 204 g/mol. The molecule has 0 aliphatic rings. The Labute approximate surface area is 98.2 Å². The average Bonchev–Trinajstić information content (AvgIpc) is 2.31. The standard InChI is InChI=1S/C12H24N2O2/c1-3-11(2)12(16)14-9-7-5-4-6-8-13-10-15/h10-11H,3-9H2,1-2H3,(H,13,15)(H,14,16). The molecule has 94 valence electrons. The average molecular weight is 228 g/mol. The van der Waals surface area contributed by atoms with E-state index in [4.69, 9.17) is 0 Å². The Morgan fingerprint density at radius 2 is 1.81 bits per heavy atom. The number of carbonyl (C=O) groups is 2. The Hall–Kier alpha value is -1.06. The van der Waals surface area contributed by atoms with Crippen LogP contribution in [-0.2, 0) is 9.59 Å². The summed E-state index contributed by atoms with van der Waals surface area (Å²) in [5.41, 5.74) is 0. The van der Waals surface area contributed by atoms with Crippen LogP contribution in [0.2, 0.25) is 0 Å². The van der Waals surface area contributed by atoms with Crippen LogP contribution in [0.5, 0.6) is 0 Å². The highest BCUT2D eigenvalue weighted by atomic mass is 16.1. The fourth-order valence-electron chi connectivity index (χ4n) is 1.34. The highest BCUT2D eigenvalue weighted by Crippen LogP contribution is 2.01. The molecule has 4 nitrogen and oxygen atoms in total. The smallest absolute Gasteiger partial charge is 0.222 e. The summed E-state index contributed by atoms with van der Waals surface area (Å²) < 4.78 is 0. The van der Waals surface area contributed by atoms with Gasteiger partial charge in [0.1, 0.15) is 0 Å². The highest BCUT2D eigenvalue weighted by molar-refractivity contribution is 5.78. The Balaban J connectivity index is 3.20. The van der Waals surface area contributed by atoms with Crippen molar-refractivity contribution in [2.45, 2.75) is 46.0 Å². The SMILES string of the molecule is CCC(C)C(=O)NCCCCCCNC=O. The van der Waals surface area contributed by atoms with E-state index in [9.17, 15) is 9.59 Å². The van der Waals surface area contributed by atoms with Gasteiger partial charge in [0, 0.05) is 19.0 Å². The minimum atomic E-state index is 0.122. The molecule has 0 aromatic rings. The summed E-state index contributed by atoms with van der Waals surface area (Å²) in [6.45, 7) is 5.48. The van der Waals surface area contributed by atoms with Crippen LogP contribution in [-0.4, -0.2) is 25.4 Å². The van der Waals surface area contributed by atoms with E-state index in [-0.39, 0.29) is 11.8 Å². The van der Waals surface area contributed by atoms with Gasteiger partial charge in [-0.2, -0.15) is 0 Å². The Morgan fingerprint density at radius 1 is 1.19 bits per heavy atom. The lowest BCUT2D eigenvalue weighted by atomic mass is 10.1. The zero-order valence-electron chi connectivity index (χ0n) is 10.4. The molecule has 0 spiro atoms. The maximum atomic E-state index is 11.4. The van der Waals surface area contributed by atoms with Crippen LogP contribution in [0.25, 0.3) is 0 Å². The molecular formula is C12H24N2O2. The lowest BCUT2D eigenvalue weighted by Crippen LogP contribution is -2.29. The molecule has 0 aromatic carbocycles. The van der Waals surface area contributed by atoms with Gasteiger partial charge in [0.05, 0.1) is 0 Å². The normalized spacial score (nSPS) is 11.9. The number of amides is 2. The molecule has 4 heteroatoms. The van der Waals surface area contributed by atoms with E-state index in [0.29, 0.717) is 0 Å². The topological polar surface area (TPSA) is 58.2 Å². The lowest BCUT2D eigenvalue weighted by Gasteiger charge is -2.09. The fraction of sp³-hybridized carbons (Fsp3) is 0.833. The Kier molecular flexibility index (Phi) is 9.76. The predicted molar refractivity (Wildman–Crippen MR) is 65.0 cm³/mol. The van der Waals surface area contributed by atoms with E-state index in [1.807, 2.05) is 13.8 Å². The minimum absolute atomic E-state index is 0.122. The molecule has 1 atom stereocenters. The van der Waals surface area contributed by atoms with Gasteiger partial charge < -0.3 is 10.6 Å². The first-order valence-electron chi connectivity index (χ1n) is 6.17. The molecule has 0 saturated carbocycles. The molecule has 1 unspecified atom stereocenters. The second-order valence-electron chi connectivity index (χ2n) is 4.09. The maximum Gasteiger partial charge on any atom is 0.222 e. The quantitative estimate of drug-likeness (QED) is 0.439. The molecule has 0 heterocycles. The predicted octanol–water partition coefficient (Wildman–Crippen LogP) is 1.46. The summed E-state index contributed by atoms with van der Waals surface area (Å²) in [7, 11) is 0. The molecule has 0 radical (unpaired) electrons. The van der Waals surface area contributed by atoms with E-state index >= 15 is 0 Å². The third kappa shape index (κ3) is 8.26. The summed E-state index contributed by atoms with van der Waals surface area (Å²) in [4.78, 5) is 21.3. The minimum Gasteiger partial charge on any atom is -0.359 e. The molecule has 0 aromatic heterocycles. The van der Waals surface area contributed by atoms with Crippen molar-refractivity contribution in [3.8, 4) is 0 Å². The number of hydrogen-bond acceptors (Lipinski definition) is 2. The van der Waals surface area contributed by atoms with Crippen LogP contribution in [0.3, 0.4) is 0 Å². The van der Waals surface area contributed by atoms with Crippen LogP contribution < -0.4 is 10.6 Å². The summed E-state index contributed by atoms with van der Waals surface area (Å²) in [5.74, 6) is 0.280. The van der Waals surface area contributed by atoms with Crippen molar-refractivity contribution in [1.29, 1.82) is 0 Å². The number of unbranched alkanes of at least 4 members (excludes halogenated alkanes) is 3. The molecule has 0 rings (SSSR count). The maximum absolute atomic E-state index is 11.4. The monoisotopic (exact) mass is 228 g/mol. The molecule has 0 saturated heterocycles.